The second kappa shape index (κ2) is 18.3. The minimum absolute atomic E-state index is 0.0345. The number of amides is 2. The smallest absolute Gasteiger partial charge is 0.394 e. The Labute approximate surface area is 343 Å². The fourth-order valence-corrected chi connectivity index (χ4v) is 9.53. The Hall–Kier alpha value is -4.70. The summed E-state index contributed by atoms with van der Waals surface area (Å²) in [5, 5.41) is 27.0. The third kappa shape index (κ3) is 9.08. The highest BCUT2D eigenvalue weighted by molar-refractivity contribution is 7.48. The summed E-state index contributed by atoms with van der Waals surface area (Å²) in [6, 6.07) is 8.58. The van der Waals surface area contributed by atoms with Gasteiger partial charge in [0.15, 0.2) is 11.3 Å². The summed E-state index contributed by atoms with van der Waals surface area (Å²) in [4.78, 5) is 57.5. The molecule has 2 saturated heterocycles. The molecule has 2 aliphatic heterocycles. The third-order valence-corrected chi connectivity index (χ3v) is 12.7. The number of hydrogen-bond acceptors (Lipinski definition) is 19. The van der Waals surface area contributed by atoms with Crippen LogP contribution in [0, 0.1) is 12.5 Å². The molecule has 312 valence electrons. The monoisotopic (exact) mass is 871 g/mol. The Morgan fingerprint density at radius 1 is 1.05 bits per heavy atom. The molecule has 2 amide bonds. The lowest BCUT2D eigenvalue weighted by Crippen LogP contribution is -2.35. The minimum atomic E-state index is -4.56. The fourth-order valence-electron chi connectivity index (χ4n) is 6.39. The Morgan fingerprint density at radius 3 is 2.54 bits per heavy atom. The van der Waals surface area contributed by atoms with Gasteiger partial charge in [-0.15, -0.1) is 0 Å². The maximum atomic E-state index is 14.3. The van der Waals surface area contributed by atoms with Gasteiger partial charge in [-0.1, -0.05) is 32.0 Å². The number of carbonyl (C=O) groups is 2. The van der Waals surface area contributed by atoms with Crippen LogP contribution in [0.15, 0.2) is 41.5 Å². The predicted octanol–water partition coefficient (Wildman–Crippen LogP) is 3.41. The number of methoxy groups -OCH3 is 1. The van der Waals surface area contributed by atoms with Gasteiger partial charge in [-0.25, -0.2) is 26.1 Å². The number of H-pyrrole nitrogens is 1. The van der Waals surface area contributed by atoms with E-state index in [9.17, 15) is 29.2 Å². The van der Waals surface area contributed by atoms with Crippen molar-refractivity contribution in [3.8, 4) is 0 Å². The number of aliphatic hydroxyl groups is 2. The zero-order valence-corrected chi connectivity index (χ0v) is 34.1. The number of phosphoric ester groups is 1. The summed E-state index contributed by atoms with van der Waals surface area (Å²) in [5.41, 5.74) is 0.575. The molecule has 59 heavy (non-hydrogen) atoms. The first kappa shape index (κ1) is 42.4. The number of aromatic nitrogens is 6. The van der Waals surface area contributed by atoms with Crippen LogP contribution in [0.25, 0.3) is 26.9 Å². The van der Waals surface area contributed by atoms with Gasteiger partial charge in [-0.05, 0) is 35.2 Å². The number of fused-ring (bicyclic) bond motifs is 2. The zero-order valence-electron chi connectivity index (χ0n) is 31.5. The number of benzene rings is 1. The van der Waals surface area contributed by atoms with Crippen molar-refractivity contribution in [2.24, 2.45) is 5.92 Å². The number of rotatable bonds is 16. The van der Waals surface area contributed by atoms with Crippen LogP contribution in [-0.4, -0.2) is 115 Å². The largest absolute Gasteiger partial charge is 0.475 e. The van der Waals surface area contributed by atoms with Crippen molar-refractivity contribution in [1.29, 1.82) is 0 Å². The van der Waals surface area contributed by atoms with E-state index >= 15 is 0 Å². The van der Waals surface area contributed by atoms with Gasteiger partial charge >= 0.3 is 7.82 Å². The third-order valence-electron chi connectivity index (χ3n) is 9.34. The summed E-state index contributed by atoms with van der Waals surface area (Å²) in [6.45, 7) is 8.97. The lowest BCUT2D eigenvalue weighted by atomic mass is 10.1. The summed E-state index contributed by atoms with van der Waals surface area (Å²) < 4.78 is 58.1. The van der Waals surface area contributed by atoms with Crippen LogP contribution in [0.4, 0.5) is 11.8 Å². The molecule has 2 aliphatic rings. The molecule has 6 heterocycles. The average Bonchev–Trinajstić information content (AvgIpc) is 4.02. The Kier molecular flexibility index (Phi) is 13.1. The lowest BCUT2D eigenvalue weighted by Gasteiger charge is -2.25. The van der Waals surface area contributed by atoms with Crippen LogP contribution >= 0.6 is 30.9 Å². The van der Waals surface area contributed by atoms with Crippen LogP contribution in [0.1, 0.15) is 52.6 Å². The molecule has 21 nitrogen and oxygen atoms in total. The Bertz CT molecular complexity index is 2460. The van der Waals surface area contributed by atoms with Gasteiger partial charge in [0.2, 0.25) is 18.4 Å². The standard InChI is InChI=1S/C35H38N9O12PS2/c1-16(2)32(47)41-35-39-23-25(34(49)42-35)44-59-30(23)28-26(46)27(51-4)21(55-28)14-53-57(50,52-11-10-36-3)56-18-12-19(54-20(18)13-45)29-22-24(43-58-29)31(38-15-37-22)40-33(48)17-8-6-5-7-9-17/h5-9,15-16,18-21,26-28,45-46H,10-14H2,1-2,4H3,(H,37,38,40,48)(H2,39,41,42,47,49)/t18-,19+,20+,21+,26+,27+,28+,57?/m0/s1. The number of ether oxygens (including phenoxy) is 3. The van der Waals surface area contributed by atoms with E-state index in [0.29, 0.717) is 21.5 Å². The molecule has 0 radical (unpaired) electrons. The number of nitrogens with one attached hydrogen (secondary N) is 3. The van der Waals surface area contributed by atoms with Crippen molar-refractivity contribution in [2.75, 3.05) is 44.1 Å². The summed E-state index contributed by atoms with van der Waals surface area (Å²) in [5.74, 6) is -1.09. The van der Waals surface area contributed by atoms with E-state index in [1.54, 1.807) is 44.2 Å². The van der Waals surface area contributed by atoms with E-state index in [0.717, 1.165) is 23.1 Å². The molecular formula is C35H38N9O12PS2. The summed E-state index contributed by atoms with van der Waals surface area (Å²) >= 11 is 1.91. The average molecular weight is 872 g/mol. The van der Waals surface area contributed by atoms with Gasteiger partial charge in [0.25, 0.3) is 11.5 Å². The molecule has 1 aromatic carbocycles. The van der Waals surface area contributed by atoms with Gasteiger partial charge in [-0.2, -0.15) is 8.75 Å². The van der Waals surface area contributed by atoms with Crippen molar-refractivity contribution in [1.82, 2.24) is 28.7 Å². The summed E-state index contributed by atoms with van der Waals surface area (Å²) in [7, 11) is -3.23. The van der Waals surface area contributed by atoms with Gasteiger partial charge in [0, 0.05) is 25.0 Å². The number of anilines is 2. The summed E-state index contributed by atoms with van der Waals surface area (Å²) in [6.07, 6.45) is -6.11. The second-order valence-electron chi connectivity index (χ2n) is 13.6. The molecule has 0 bridgehead atoms. The Morgan fingerprint density at radius 2 is 1.81 bits per heavy atom. The fraction of sp³-hybridized carbons (Fsp3) is 0.457. The SMILES string of the molecule is [C-]#[N+]CCOP(=O)(OC[C@H]1O[C@@H](c2snc3c(=O)[nH]c(NC(=O)C(C)C)nc23)[C@H](O)[C@@H]1OC)O[C@H]1C[C@H](c2snc3c(NC(=O)c4ccccc4)ncnc23)O[C@@H]1CO. The quantitative estimate of drug-likeness (QED) is 0.0540. The van der Waals surface area contributed by atoms with Crippen molar-refractivity contribution in [3.05, 3.63) is 73.7 Å². The van der Waals surface area contributed by atoms with Gasteiger partial charge in [-0.3, -0.25) is 38.3 Å². The highest BCUT2D eigenvalue weighted by atomic mass is 32.1. The highest BCUT2D eigenvalue weighted by Crippen LogP contribution is 2.55. The number of carbonyl (C=O) groups excluding carboxylic acids is 2. The van der Waals surface area contributed by atoms with Crippen molar-refractivity contribution < 1.29 is 52.1 Å². The first-order chi connectivity index (χ1) is 28.4. The molecule has 0 saturated carbocycles. The number of aromatic amines is 1. The van der Waals surface area contributed by atoms with Gasteiger partial charge in [0.1, 0.15) is 66.1 Å². The van der Waals surface area contributed by atoms with Crippen LogP contribution in [-0.2, 0) is 37.1 Å². The zero-order chi connectivity index (χ0) is 41.8. The van der Waals surface area contributed by atoms with Crippen LogP contribution in [0.2, 0.25) is 0 Å². The normalized spacial score (nSPS) is 24.1. The Balaban J connectivity index is 1.07. The molecule has 7 rings (SSSR count). The van der Waals surface area contributed by atoms with E-state index in [4.69, 9.17) is 34.4 Å². The molecule has 5 N–H and O–H groups in total. The molecular weight excluding hydrogens is 834 g/mol. The van der Waals surface area contributed by atoms with Gasteiger partial charge < -0.3 is 34.6 Å². The first-order valence-electron chi connectivity index (χ1n) is 18.1. The van der Waals surface area contributed by atoms with E-state index in [1.165, 1.54) is 13.4 Å². The molecule has 5 aromatic rings. The van der Waals surface area contributed by atoms with Crippen molar-refractivity contribution in [3.63, 3.8) is 0 Å². The minimum Gasteiger partial charge on any atom is -0.394 e. The molecule has 0 spiro atoms. The van der Waals surface area contributed by atoms with Crippen molar-refractivity contribution in [2.45, 2.75) is 63.0 Å². The first-order valence-corrected chi connectivity index (χ1v) is 21.1. The molecule has 4 aromatic heterocycles. The second-order valence-corrected chi connectivity index (χ2v) is 16.8. The number of hydrogen-bond donors (Lipinski definition) is 5. The number of aliphatic hydroxyl groups excluding tert-OH is 2. The predicted molar refractivity (Wildman–Crippen MR) is 211 cm³/mol. The molecule has 1 unspecified atom stereocenters. The van der Waals surface area contributed by atoms with E-state index < -0.39 is 81.1 Å². The van der Waals surface area contributed by atoms with Crippen LogP contribution in [0.5, 0.6) is 0 Å². The van der Waals surface area contributed by atoms with E-state index in [-0.39, 0.29) is 53.2 Å². The molecule has 2 fully saturated rings. The topological polar surface area (TPSA) is 273 Å². The maximum absolute atomic E-state index is 14.3. The molecule has 8 atom stereocenters. The molecule has 24 heteroatoms. The maximum Gasteiger partial charge on any atom is 0.475 e. The molecule has 0 aliphatic carbocycles. The van der Waals surface area contributed by atoms with Crippen LogP contribution in [0.3, 0.4) is 0 Å². The number of nitrogens with zero attached hydrogens (tertiary/aromatic N) is 6. The lowest BCUT2D eigenvalue weighted by molar-refractivity contribution is -0.118. The van der Waals surface area contributed by atoms with Gasteiger partial charge in [0.05, 0.1) is 29.1 Å². The van der Waals surface area contributed by atoms with Crippen LogP contribution < -0.4 is 16.2 Å². The van der Waals surface area contributed by atoms with Crippen molar-refractivity contribution >= 4 is 76.5 Å². The van der Waals surface area contributed by atoms with E-state index in [2.05, 4.69) is 44.2 Å². The number of phosphoric acid groups is 1. The van der Waals surface area contributed by atoms with E-state index in [1.807, 2.05) is 0 Å². The highest BCUT2D eigenvalue weighted by Gasteiger charge is 2.49.